The molecule has 0 aliphatic rings. The number of ether oxygens (including phenoxy) is 2. The average molecular weight is 400 g/mol. The molecule has 7 heteroatoms. The van der Waals surface area contributed by atoms with E-state index >= 15 is 0 Å². The molecule has 3 aromatic carbocycles. The number of hydrogen-bond donors (Lipinski definition) is 1. The Morgan fingerprint density at radius 1 is 0.867 bits per heavy atom. The van der Waals surface area contributed by atoms with Crippen LogP contribution in [0.1, 0.15) is 10.6 Å². The van der Waals surface area contributed by atoms with Crippen molar-refractivity contribution in [3.63, 3.8) is 0 Å². The highest BCUT2D eigenvalue weighted by atomic mass is 16.5. The number of carbonyl (C=O) groups excluding carboxylic acids is 1. The van der Waals surface area contributed by atoms with E-state index in [0.717, 1.165) is 17.0 Å². The van der Waals surface area contributed by atoms with Gasteiger partial charge in [0.05, 0.1) is 19.9 Å². The van der Waals surface area contributed by atoms with Crippen LogP contribution in [0, 0.1) is 0 Å². The lowest BCUT2D eigenvalue weighted by atomic mass is 10.2. The van der Waals surface area contributed by atoms with Gasteiger partial charge in [-0.25, -0.2) is 9.67 Å². The van der Waals surface area contributed by atoms with Gasteiger partial charge in [-0.05, 0) is 36.4 Å². The lowest BCUT2D eigenvalue weighted by Crippen LogP contribution is -2.14. The molecular weight excluding hydrogens is 380 g/mol. The second kappa shape index (κ2) is 8.48. The number of nitrogens with zero attached hydrogens (tertiary/aromatic N) is 3. The van der Waals surface area contributed by atoms with E-state index in [0.29, 0.717) is 17.3 Å². The smallest absolute Gasteiger partial charge is 0.295 e. The largest absolute Gasteiger partial charge is 0.497 e. The summed E-state index contributed by atoms with van der Waals surface area (Å²) in [6.07, 6.45) is 0. The lowest BCUT2D eigenvalue weighted by molar-refractivity contribution is 0.101. The number of hydrogen-bond acceptors (Lipinski definition) is 5. The molecule has 0 radical (unpaired) electrons. The predicted octanol–water partition coefficient (Wildman–Crippen LogP) is 4.20. The summed E-state index contributed by atoms with van der Waals surface area (Å²) in [6, 6.07) is 24.1. The van der Waals surface area contributed by atoms with Gasteiger partial charge in [-0.15, -0.1) is 5.10 Å². The van der Waals surface area contributed by atoms with Crippen LogP contribution in [0.25, 0.3) is 17.1 Å². The number of benzene rings is 3. The first-order valence-corrected chi connectivity index (χ1v) is 9.30. The van der Waals surface area contributed by atoms with Crippen molar-refractivity contribution in [3.05, 3.63) is 84.7 Å². The third-order valence-electron chi connectivity index (χ3n) is 4.49. The molecule has 150 valence electrons. The topological polar surface area (TPSA) is 78.3 Å². The highest BCUT2D eigenvalue weighted by Gasteiger charge is 2.19. The van der Waals surface area contributed by atoms with E-state index < -0.39 is 5.91 Å². The van der Waals surface area contributed by atoms with Crippen molar-refractivity contribution in [1.82, 2.24) is 14.8 Å². The SMILES string of the molecule is COc1ccc(-n2nc(C(=O)Nc3cccc(OC)c3)nc2-c2ccccc2)cc1. The van der Waals surface area contributed by atoms with Crippen LogP contribution in [0.15, 0.2) is 78.9 Å². The minimum Gasteiger partial charge on any atom is -0.497 e. The van der Waals surface area contributed by atoms with Crippen LogP contribution < -0.4 is 14.8 Å². The summed E-state index contributed by atoms with van der Waals surface area (Å²) in [5.41, 5.74) is 2.21. The molecule has 1 heterocycles. The molecule has 1 aromatic heterocycles. The van der Waals surface area contributed by atoms with E-state index in [4.69, 9.17) is 9.47 Å². The quantitative estimate of drug-likeness (QED) is 0.525. The van der Waals surface area contributed by atoms with Crippen LogP contribution in [-0.2, 0) is 0 Å². The van der Waals surface area contributed by atoms with E-state index in [-0.39, 0.29) is 5.82 Å². The van der Waals surface area contributed by atoms with Crippen molar-refractivity contribution >= 4 is 11.6 Å². The average Bonchev–Trinajstić information content (AvgIpc) is 3.25. The second-order valence-electron chi connectivity index (χ2n) is 6.42. The summed E-state index contributed by atoms with van der Waals surface area (Å²) in [4.78, 5) is 17.3. The van der Waals surface area contributed by atoms with E-state index in [1.807, 2.05) is 54.6 Å². The summed E-state index contributed by atoms with van der Waals surface area (Å²) in [6.45, 7) is 0. The minimum absolute atomic E-state index is 0.0625. The normalized spacial score (nSPS) is 10.5. The third kappa shape index (κ3) is 4.00. The molecule has 4 rings (SSSR count). The number of nitrogens with one attached hydrogen (secondary N) is 1. The second-order valence-corrected chi connectivity index (χ2v) is 6.42. The standard InChI is InChI=1S/C23H20N4O3/c1-29-19-13-11-18(12-14-19)27-22(16-7-4-3-5-8-16)25-21(26-27)23(28)24-17-9-6-10-20(15-17)30-2/h3-15H,1-2H3,(H,24,28). The van der Waals surface area contributed by atoms with Gasteiger partial charge < -0.3 is 14.8 Å². The maximum Gasteiger partial charge on any atom is 0.295 e. The molecule has 0 atom stereocenters. The molecule has 0 saturated heterocycles. The Morgan fingerprint density at radius 2 is 1.60 bits per heavy atom. The first-order chi connectivity index (χ1) is 14.7. The Morgan fingerprint density at radius 3 is 2.30 bits per heavy atom. The summed E-state index contributed by atoms with van der Waals surface area (Å²) < 4.78 is 12.1. The minimum atomic E-state index is -0.410. The summed E-state index contributed by atoms with van der Waals surface area (Å²) >= 11 is 0. The van der Waals surface area contributed by atoms with Gasteiger partial charge in [0.15, 0.2) is 5.82 Å². The van der Waals surface area contributed by atoms with Gasteiger partial charge in [0.1, 0.15) is 11.5 Å². The maximum absolute atomic E-state index is 12.8. The van der Waals surface area contributed by atoms with Crippen LogP contribution >= 0.6 is 0 Å². The molecule has 1 N–H and O–H groups in total. The van der Waals surface area contributed by atoms with Gasteiger partial charge >= 0.3 is 0 Å². The maximum atomic E-state index is 12.8. The fourth-order valence-electron chi connectivity index (χ4n) is 2.97. The number of methoxy groups -OCH3 is 2. The van der Waals surface area contributed by atoms with Crippen molar-refractivity contribution in [2.24, 2.45) is 0 Å². The van der Waals surface area contributed by atoms with Crippen LogP contribution in [-0.4, -0.2) is 34.9 Å². The Labute approximate surface area is 173 Å². The molecule has 0 aliphatic carbocycles. The molecule has 7 nitrogen and oxygen atoms in total. The van der Waals surface area contributed by atoms with E-state index in [2.05, 4.69) is 15.4 Å². The molecule has 0 bridgehead atoms. The van der Waals surface area contributed by atoms with Gasteiger partial charge in [-0.1, -0.05) is 36.4 Å². The van der Waals surface area contributed by atoms with Gasteiger partial charge in [0.25, 0.3) is 5.91 Å². The van der Waals surface area contributed by atoms with Crippen molar-refractivity contribution < 1.29 is 14.3 Å². The Balaban J connectivity index is 1.71. The van der Waals surface area contributed by atoms with Crippen molar-refractivity contribution in [2.75, 3.05) is 19.5 Å². The molecule has 30 heavy (non-hydrogen) atoms. The van der Waals surface area contributed by atoms with Crippen molar-refractivity contribution in [1.29, 1.82) is 0 Å². The zero-order valence-corrected chi connectivity index (χ0v) is 16.6. The summed E-state index contributed by atoms with van der Waals surface area (Å²) in [5, 5.41) is 7.29. The zero-order valence-electron chi connectivity index (χ0n) is 16.6. The third-order valence-corrected chi connectivity index (χ3v) is 4.49. The Hall–Kier alpha value is -4.13. The Kier molecular flexibility index (Phi) is 5.43. The summed E-state index contributed by atoms with van der Waals surface area (Å²) in [7, 11) is 3.19. The van der Waals surface area contributed by atoms with E-state index in [1.165, 1.54) is 0 Å². The number of amides is 1. The number of carbonyl (C=O) groups is 1. The molecule has 1 amide bonds. The predicted molar refractivity (Wildman–Crippen MR) is 114 cm³/mol. The zero-order chi connectivity index (χ0) is 20.9. The molecule has 4 aromatic rings. The first kappa shape index (κ1) is 19.2. The lowest BCUT2D eigenvalue weighted by Gasteiger charge is -2.07. The molecule has 0 spiro atoms. The highest BCUT2D eigenvalue weighted by Crippen LogP contribution is 2.23. The van der Waals surface area contributed by atoms with E-state index in [9.17, 15) is 4.79 Å². The van der Waals surface area contributed by atoms with Gasteiger partial charge in [-0.2, -0.15) is 0 Å². The van der Waals surface area contributed by atoms with Crippen molar-refractivity contribution in [2.45, 2.75) is 0 Å². The fraction of sp³-hybridized carbons (Fsp3) is 0.0870. The van der Waals surface area contributed by atoms with Crippen LogP contribution in [0.3, 0.4) is 0 Å². The molecule has 0 fully saturated rings. The van der Waals surface area contributed by atoms with Gasteiger partial charge in [0, 0.05) is 17.3 Å². The molecule has 0 aliphatic heterocycles. The van der Waals surface area contributed by atoms with Gasteiger partial charge in [0.2, 0.25) is 5.82 Å². The van der Waals surface area contributed by atoms with Crippen LogP contribution in [0.2, 0.25) is 0 Å². The van der Waals surface area contributed by atoms with Crippen molar-refractivity contribution in [3.8, 4) is 28.6 Å². The number of anilines is 1. The fourth-order valence-corrected chi connectivity index (χ4v) is 2.97. The molecule has 0 unspecified atom stereocenters. The van der Waals surface area contributed by atoms with Crippen LogP contribution in [0.5, 0.6) is 11.5 Å². The molecular formula is C23H20N4O3. The Bertz CT molecular complexity index is 1150. The van der Waals surface area contributed by atoms with Gasteiger partial charge in [-0.3, -0.25) is 4.79 Å². The number of aromatic nitrogens is 3. The summed E-state index contributed by atoms with van der Waals surface area (Å²) in [5.74, 6) is 1.60. The van der Waals surface area contributed by atoms with Crippen LogP contribution in [0.4, 0.5) is 5.69 Å². The monoisotopic (exact) mass is 400 g/mol. The number of rotatable bonds is 6. The first-order valence-electron chi connectivity index (χ1n) is 9.30. The highest BCUT2D eigenvalue weighted by molar-refractivity contribution is 6.02. The van der Waals surface area contributed by atoms with E-state index in [1.54, 1.807) is 43.2 Å². The molecule has 0 saturated carbocycles.